The second-order valence-electron chi connectivity index (χ2n) is 5.66. The highest BCUT2D eigenvalue weighted by molar-refractivity contribution is 5.12. The van der Waals surface area contributed by atoms with Crippen LogP contribution in [0.3, 0.4) is 0 Å². The maximum Gasteiger partial charge on any atom is 0.0538 e. The molecule has 1 fully saturated rings. The fourth-order valence-electron chi connectivity index (χ4n) is 2.78. The molecule has 2 heterocycles. The summed E-state index contributed by atoms with van der Waals surface area (Å²) in [6.07, 6.45) is 6.72. The van der Waals surface area contributed by atoms with Gasteiger partial charge in [0.05, 0.1) is 12.2 Å². The molecule has 2 N–H and O–H groups in total. The Morgan fingerprint density at radius 1 is 1.50 bits per heavy atom. The molecule has 1 aromatic rings. The fourth-order valence-corrected chi connectivity index (χ4v) is 2.78. The van der Waals surface area contributed by atoms with Gasteiger partial charge in [-0.25, -0.2) is 0 Å². The Kier molecular flexibility index (Phi) is 4.40. The zero-order valence-electron chi connectivity index (χ0n) is 11.8. The molecule has 18 heavy (non-hydrogen) atoms. The number of rotatable bonds is 5. The van der Waals surface area contributed by atoms with Crippen LogP contribution in [0.4, 0.5) is 0 Å². The summed E-state index contributed by atoms with van der Waals surface area (Å²) in [5.41, 5.74) is 7.24. The molecule has 1 aromatic heterocycles. The van der Waals surface area contributed by atoms with Gasteiger partial charge in [-0.15, -0.1) is 0 Å². The van der Waals surface area contributed by atoms with Crippen molar-refractivity contribution < 1.29 is 0 Å². The lowest BCUT2D eigenvalue weighted by Crippen LogP contribution is -2.31. The molecule has 2 atom stereocenters. The number of hydrogen-bond donors (Lipinski definition) is 1. The lowest BCUT2D eigenvalue weighted by molar-refractivity contribution is 0.240. The molecule has 1 saturated heterocycles. The molecule has 4 heteroatoms. The lowest BCUT2D eigenvalue weighted by atomic mass is 10.1. The molecule has 1 aliphatic rings. The zero-order valence-corrected chi connectivity index (χ0v) is 11.8. The van der Waals surface area contributed by atoms with E-state index in [0.29, 0.717) is 18.6 Å². The van der Waals surface area contributed by atoms with Crippen molar-refractivity contribution in [2.24, 2.45) is 11.7 Å². The maximum atomic E-state index is 5.98. The highest BCUT2D eigenvalue weighted by Crippen LogP contribution is 2.28. The Balaban J connectivity index is 2.08. The number of nitrogens with two attached hydrogens (primary N) is 1. The van der Waals surface area contributed by atoms with Crippen molar-refractivity contribution in [1.82, 2.24) is 14.7 Å². The standard InChI is InChI=1S/C14H26N4/c1-4-12-5-6-17(9-12)14(7-15)13-8-16-18(10-13)11(2)3/h8,10-12,14H,4-7,9,15H2,1-3H3. The first kappa shape index (κ1) is 13.6. The van der Waals surface area contributed by atoms with Crippen molar-refractivity contribution >= 4 is 0 Å². The molecule has 0 saturated carbocycles. The van der Waals surface area contributed by atoms with Crippen LogP contribution in [0.15, 0.2) is 12.4 Å². The summed E-state index contributed by atoms with van der Waals surface area (Å²) in [6, 6.07) is 0.758. The van der Waals surface area contributed by atoms with Gasteiger partial charge in [-0.05, 0) is 32.7 Å². The van der Waals surface area contributed by atoms with Gasteiger partial charge in [-0.1, -0.05) is 13.3 Å². The van der Waals surface area contributed by atoms with Crippen LogP contribution >= 0.6 is 0 Å². The van der Waals surface area contributed by atoms with E-state index in [2.05, 4.69) is 37.0 Å². The van der Waals surface area contributed by atoms with Crippen molar-refractivity contribution in [3.63, 3.8) is 0 Å². The van der Waals surface area contributed by atoms with E-state index in [1.165, 1.54) is 31.5 Å². The van der Waals surface area contributed by atoms with Gasteiger partial charge >= 0.3 is 0 Å². The van der Waals surface area contributed by atoms with Gasteiger partial charge in [0.15, 0.2) is 0 Å². The topological polar surface area (TPSA) is 47.1 Å². The first-order chi connectivity index (χ1) is 8.65. The van der Waals surface area contributed by atoms with E-state index in [-0.39, 0.29) is 0 Å². The van der Waals surface area contributed by atoms with Gasteiger partial charge in [-0.2, -0.15) is 5.10 Å². The molecule has 2 rings (SSSR count). The number of nitrogens with zero attached hydrogens (tertiary/aromatic N) is 3. The summed E-state index contributed by atoms with van der Waals surface area (Å²) in [4.78, 5) is 2.52. The van der Waals surface area contributed by atoms with Crippen LogP contribution in [0, 0.1) is 5.92 Å². The minimum absolute atomic E-state index is 0.342. The smallest absolute Gasteiger partial charge is 0.0538 e. The van der Waals surface area contributed by atoms with E-state index < -0.39 is 0 Å². The molecule has 2 unspecified atom stereocenters. The Morgan fingerprint density at radius 2 is 2.28 bits per heavy atom. The largest absolute Gasteiger partial charge is 0.329 e. The Bertz CT molecular complexity index is 372. The molecular weight excluding hydrogens is 224 g/mol. The van der Waals surface area contributed by atoms with E-state index >= 15 is 0 Å². The normalized spacial score (nSPS) is 22.8. The van der Waals surface area contributed by atoms with E-state index in [1.54, 1.807) is 0 Å². The van der Waals surface area contributed by atoms with Gasteiger partial charge in [0.2, 0.25) is 0 Å². The summed E-state index contributed by atoms with van der Waals surface area (Å²) in [7, 11) is 0. The molecule has 0 amide bonds. The van der Waals surface area contributed by atoms with Gasteiger partial charge in [-0.3, -0.25) is 9.58 Å². The van der Waals surface area contributed by atoms with Gasteiger partial charge < -0.3 is 5.73 Å². The Hall–Kier alpha value is -0.870. The third-order valence-electron chi connectivity index (χ3n) is 4.09. The van der Waals surface area contributed by atoms with Crippen LogP contribution in [-0.4, -0.2) is 34.3 Å². The summed E-state index contributed by atoms with van der Waals surface area (Å²) >= 11 is 0. The van der Waals surface area contributed by atoms with E-state index in [1.807, 2.05) is 10.9 Å². The van der Waals surface area contributed by atoms with Crippen LogP contribution in [-0.2, 0) is 0 Å². The third kappa shape index (κ3) is 2.75. The van der Waals surface area contributed by atoms with Gasteiger partial charge in [0, 0.05) is 30.9 Å². The molecule has 0 bridgehead atoms. The van der Waals surface area contributed by atoms with Crippen molar-refractivity contribution in [3.05, 3.63) is 18.0 Å². The van der Waals surface area contributed by atoms with Crippen molar-refractivity contribution in [2.75, 3.05) is 19.6 Å². The quantitative estimate of drug-likeness (QED) is 0.871. The molecule has 102 valence electrons. The second-order valence-corrected chi connectivity index (χ2v) is 5.66. The van der Waals surface area contributed by atoms with Crippen LogP contribution in [0.25, 0.3) is 0 Å². The van der Waals surface area contributed by atoms with Crippen molar-refractivity contribution in [3.8, 4) is 0 Å². The molecule has 0 aromatic carbocycles. The third-order valence-corrected chi connectivity index (χ3v) is 4.09. The number of aromatic nitrogens is 2. The van der Waals surface area contributed by atoms with E-state index in [0.717, 1.165) is 5.92 Å². The molecule has 1 aliphatic heterocycles. The average molecular weight is 250 g/mol. The minimum atomic E-state index is 0.342. The van der Waals surface area contributed by atoms with Gasteiger partial charge in [0.25, 0.3) is 0 Å². The average Bonchev–Trinajstić information content (AvgIpc) is 2.99. The number of likely N-dealkylation sites (tertiary alicyclic amines) is 1. The van der Waals surface area contributed by atoms with Crippen LogP contribution < -0.4 is 5.73 Å². The minimum Gasteiger partial charge on any atom is -0.329 e. The molecule has 4 nitrogen and oxygen atoms in total. The lowest BCUT2D eigenvalue weighted by Gasteiger charge is -2.25. The first-order valence-electron chi connectivity index (χ1n) is 7.13. The molecule has 0 aliphatic carbocycles. The van der Waals surface area contributed by atoms with Crippen LogP contribution in [0.2, 0.25) is 0 Å². The Morgan fingerprint density at radius 3 is 2.78 bits per heavy atom. The highest BCUT2D eigenvalue weighted by Gasteiger charge is 2.28. The first-order valence-corrected chi connectivity index (χ1v) is 7.13. The number of hydrogen-bond acceptors (Lipinski definition) is 3. The highest BCUT2D eigenvalue weighted by atomic mass is 15.3. The van der Waals surface area contributed by atoms with Crippen molar-refractivity contribution in [2.45, 2.75) is 45.7 Å². The summed E-state index contributed by atoms with van der Waals surface area (Å²) < 4.78 is 2.02. The van der Waals surface area contributed by atoms with E-state index in [9.17, 15) is 0 Å². The Labute approximate surface area is 110 Å². The zero-order chi connectivity index (χ0) is 13.1. The van der Waals surface area contributed by atoms with Crippen LogP contribution in [0.1, 0.15) is 51.3 Å². The fraction of sp³-hybridized carbons (Fsp3) is 0.786. The maximum absolute atomic E-state index is 5.98. The SMILES string of the molecule is CCC1CCN(C(CN)c2cnn(C(C)C)c2)C1. The molecule has 0 spiro atoms. The predicted octanol–water partition coefficient (Wildman–Crippen LogP) is 2.20. The predicted molar refractivity (Wildman–Crippen MR) is 74.4 cm³/mol. The molecule has 0 radical (unpaired) electrons. The summed E-state index contributed by atoms with van der Waals surface area (Å²) in [5, 5.41) is 4.43. The van der Waals surface area contributed by atoms with Gasteiger partial charge in [0.1, 0.15) is 0 Å². The summed E-state index contributed by atoms with van der Waals surface area (Å²) in [6.45, 7) is 9.62. The summed E-state index contributed by atoms with van der Waals surface area (Å²) in [5.74, 6) is 0.846. The monoisotopic (exact) mass is 250 g/mol. The van der Waals surface area contributed by atoms with Crippen molar-refractivity contribution in [1.29, 1.82) is 0 Å². The van der Waals surface area contributed by atoms with E-state index in [4.69, 9.17) is 5.73 Å². The van der Waals surface area contributed by atoms with Crippen LogP contribution in [0.5, 0.6) is 0 Å². The molecular formula is C14H26N4. The second kappa shape index (κ2) is 5.85.